The highest BCUT2D eigenvalue weighted by Gasteiger charge is 2.14. The lowest BCUT2D eigenvalue weighted by molar-refractivity contribution is 0.0470. The van der Waals surface area contributed by atoms with E-state index in [1.807, 2.05) is 17.1 Å². The Morgan fingerprint density at radius 1 is 1.64 bits per heavy atom. The summed E-state index contributed by atoms with van der Waals surface area (Å²) in [7, 11) is 0. The van der Waals surface area contributed by atoms with Gasteiger partial charge in [-0.05, 0) is 12.8 Å². The highest BCUT2D eigenvalue weighted by atomic mass is 16.5. The van der Waals surface area contributed by atoms with E-state index in [-0.39, 0.29) is 0 Å². The van der Waals surface area contributed by atoms with Crippen molar-refractivity contribution >= 4 is 0 Å². The summed E-state index contributed by atoms with van der Waals surface area (Å²) in [5.74, 6) is 0.620. The molecule has 1 saturated heterocycles. The van der Waals surface area contributed by atoms with Crippen LogP contribution in [-0.2, 0) is 17.8 Å². The van der Waals surface area contributed by atoms with Crippen LogP contribution in [0.25, 0.3) is 0 Å². The Morgan fingerprint density at radius 3 is 3.21 bits per heavy atom. The average Bonchev–Trinajstić information content (AvgIpc) is 2.67. The molecule has 78 valence electrons. The molecular weight excluding hydrogens is 178 g/mol. The zero-order valence-corrected chi connectivity index (χ0v) is 8.35. The minimum absolute atomic E-state index is 0.571. The molecule has 0 spiro atoms. The lowest BCUT2D eigenvalue weighted by Gasteiger charge is -2.21. The fourth-order valence-corrected chi connectivity index (χ4v) is 1.83. The molecule has 0 aromatic carbocycles. The summed E-state index contributed by atoms with van der Waals surface area (Å²) < 4.78 is 7.40. The summed E-state index contributed by atoms with van der Waals surface area (Å²) in [5.41, 5.74) is 6.62. The van der Waals surface area contributed by atoms with Crippen LogP contribution in [0.1, 0.15) is 18.4 Å². The van der Waals surface area contributed by atoms with Gasteiger partial charge in [-0.2, -0.15) is 5.10 Å². The fourth-order valence-electron chi connectivity index (χ4n) is 1.83. The van der Waals surface area contributed by atoms with E-state index in [1.165, 1.54) is 12.8 Å². The number of hydrogen-bond acceptors (Lipinski definition) is 3. The first-order valence-electron chi connectivity index (χ1n) is 5.17. The van der Waals surface area contributed by atoms with Crippen LogP contribution in [0.4, 0.5) is 0 Å². The van der Waals surface area contributed by atoms with Gasteiger partial charge in [-0.15, -0.1) is 0 Å². The molecule has 1 aliphatic heterocycles. The zero-order valence-electron chi connectivity index (χ0n) is 8.35. The molecule has 1 aromatic heterocycles. The number of nitrogens with two attached hydrogens (primary N) is 1. The largest absolute Gasteiger partial charge is 0.381 e. The molecule has 4 nitrogen and oxygen atoms in total. The van der Waals surface area contributed by atoms with Gasteiger partial charge in [0.25, 0.3) is 0 Å². The van der Waals surface area contributed by atoms with E-state index in [1.54, 1.807) is 0 Å². The van der Waals surface area contributed by atoms with E-state index in [0.717, 1.165) is 25.3 Å². The Kier molecular flexibility index (Phi) is 3.16. The van der Waals surface area contributed by atoms with Crippen LogP contribution in [0, 0.1) is 5.92 Å². The van der Waals surface area contributed by atoms with Crippen molar-refractivity contribution in [2.75, 3.05) is 13.2 Å². The zero-order chi connectivity index (χ0) is 9.80. The quantitative estimate of drug-likeness (QED) is 0.775. The molecule has 0 amide bonds. The number of hydrogen-bond donors (Lipinski definition) is 1. The van der Waals surface area contributed by atoms with Crippen molar-refractivity contribution in [3.8, 4) is 0 Å². The third kappa shape index (κ3) is 2.33. The predicted octanol–water partition coefficient (Wildman–Crippen LogP) is 0.768. The minimum Gasteiger partial charge on any atom is -0.381 e. The van der Waals surface area contributed by atoms with Gasteiger partial charge in [-0.3, -0.25) is 4.68 Å². The van der Waals surface area contributed by atoms with Crippen molar-refractivity contribution < 1.29 is 4.74 Å². The van der Waals surface area contributed by atoms with Gasteiger partial charge >= 0.3 is 0 Å². The molecule has 0 saturated carbocycles. The number of ether oxygens (including phenoxy) is 1. The average molecular weight is 195 g/mol. The van der Waals surface area contributed by atoms with E-state index >= 15 is 0 Å². The normalized spacial score (nSPS) is 22.5. The van der Waals surface area contributed by atoms with Crippen LogP contribution in [0.2, 0.25) is 0 Å². The molecule has 0 unspecified atom stereocenters. The van der Waals surface area contributed by atoms with Crippen molar-refractivity contribution in [1.82, 2.24) is 9.78 Å². The van der Waals surface area contributed by atoms with Crippen LogP contribution < -0.4 is 5.73 Å². The molecule has 2 rings (SSSR count). The van der Waals surface area contributed by atoms with Crippen molar-refractivity contribution in [2.24, 2.45) is 11.7 Å². The van der Waals surface area contributed by atoms with Gasteiger partial charge in [-0.1, -0.05) is 0 Å². The Hall–Kier alpha value is -0.870. The van der Waals surface area contributed by atoms with Crippen LogP contribution >= 0.6 is 0 Å². The van der Waals surface area contributed by atoms with Crippen LogP contribution in [-0.4, -0.2) is 23.0 Å². The Balaban J connectivity index is 1.89. The Labute approximate surface area is 84.0 Å². The molecule has 14 heavy (non-hydrogen) atoms. The Morgan fingerprint density at radius 2 is 2.57 bits per heavy atom. The van der Waals surface area contributed by atoms with Crippen molar-refractivity contribution in [3.05, 3.63) is 18.0 Å². The lowest BCUT2D eigenvalue weighted by Crippen LogP contribution is -2.22. The second kappa shape index (κ2) is 4.57. The highest BCUT2D eigenvalue weighted by molar-refractivity contribution is 5.02. The molecule has 1 aliphatic rings. The van der Waals surface area contributed by atoms with E-state index < -0.39 is 0 Å². The van der Waals surface area contributed by atoms with Gasteiger partial charge in [0, 0.05) is 37.4 Å². The van der Waals surface area contributed by atoms with Crippen LogP contribution in [0.15, 0.2) is 12.4 Å². The molecule has 1 fully saturated rings. The van der Waals surface area contributed by atoms with Gasteiger partial charge in [0.15, 0.2) is 0 Å². The maximum absolute atomic E-state index is 5.52. The molecule has 1 atom stereocenters. The van der Waals surface area contributed by atoms with Crippen LogP contribution in [0.3, 0.4) is 0 Å². The number of nitrogens with zero attached hydrogens (tertiary/aromatic N) is 2. The first-order chi connectivity index (χ1) is 6.88. The maximum Gasteiger partial charge on any atom is 0.0534 e. The lowest BCUT2D eigenvalue weighted by atomic mass is 10.0. The van der Waals surface area contributed by atoms with Crippen LogP contribution in [0.5, 0.6) is 0 Å². The first-order valence-corrected chi connectivity index (χ1v) is 5.17. The first kappa shape index (κ1) is 9.68. The molecule has 1 aromatic rings. The van der Waals surface area contributed by atoms with Gasteiger partial charge < -0.3 is 10.5 Å². The summed E-state index contributed by atoms with van der Waals surface area (Å²) in [6.07, 6.45) is 6.28. The van der Waals surface area contributed by atoms with Crippen molar-refractivity contribution in [3.63, 3.8) is 0 Å². The maximum atomic E-state index is 5.52. The second-order valence-electron chi connectivity index (χ2n) is 3.86. The highest BCUT2D eigenvalue weighted by Crippen LogP contribution is 2.15. The monoisotopic (exact) mass is 195 g/mol. The predicted molar refractivity (Wildman–Crippen MR) is 53.7 cm³/mol. The third-order valence-electron chi connectivity index (χ3n) is 2.62. The standard InChI is InChI=1S/C10H17N3O/c11-4-10-5-12-13(7-10)6-9-2-1-3-14-8-9/h5,7,9H,1-4,6,8,11H2/t9-/m1/s1. The van der Waals surface area contributed by atoms with Gasteiger partial charge in [0.05, 0.1) is 12.8 Å². The van der Waals surface area contributed by atoms with E-state index in [4.69, 9.17) is 10.5 Å². The topological polar surface area (TPSA) is 53.1 Å². The molecule has 0 bridgehead atoms. The minimum atomic E-state index is 0.571. The van der Waals surface area contributed by atoms with Crippen molar-refractivity contribution in [1.29, 1.82) is 0 Å². The second-order valence-corrected chi connectivity index (χ2v) is 3.86. The molecule has 2 N–H and O–H groups in total. The van der Waals surface area contributed by atoms with Gasteiger partial charge in [0.2, 0.25) is 0 Å². The third-order valence-corrected chi connectivity index (χ3v) is 2.62. The molecule has 0 aliphatic carbocycles. The smallest absolute Gasteiger partial charge is 0.0534 e. The summed E-state index contributed by atoms with van der Waals surface area (Å²) in [6.45, 7) is 3.32. The molecule has 4 heteroatoms. The molecule has 0 radical (unpaired) electrons. The molecule has 2 heterocycles. The number of rotatable bonds is 3. The van der Waals surface area contributed by atoms with E-state index in [2.05, 4.69) is 5.10 Å². The SMILES string of the molecule is NCc1cnn(C[C@H]2CCCOC2)c1. The van der Waals surface area contributed by atoms with Gasteiger partial charge in [0.1, 0.15) is 0 Å². The van der Waals surface area contributed by atoms with E-state index in [9.17, 15) is 0 Å². The Bertz CT molecular complexity index is 279. The number of aromatic nitrogens is 2. The van der Waals surface area contributed by atoms with E-state index in [0.29, 0.717) is 12.5 Å². The summed E-state index contributed by atoms with van der Waals surface area (Å²) in [5, 5.41) is 4.26. The summed E-state index contributed by atoms with van der Waals surface area (Å²) in [6, 6.07) is 0. The molecular formula is C10H17N3O. The summed E-state index contributed by atoms with van der Waals surface area (Å²) in [4.78, 5) is 0. The van der Waals surface area contributed by atoms with Crippen molar-refractivity contribution in [2.45, 2.75) is 25.9 Å². The van der Waals surface area contributed by atoms with Gasteiger partial charge in [-0.25, -0.2) is 0 Å². The fraction of sp³-hybridized carbons (Fsp3) is 0.700. The summed E-state index contributed by atoms with van der Waals surface area (Å²) >= 11 is 0.